The minimum Gasteiger partial charge on any atom is -0.871 e. The third kappa shape index (κ3) is 8.79. The van der Waals surface area contributed by atoms with Gasteiger partial charge in [-0.05, 0) is 35.7 Å². The number of pyridine rings is 1. The Morgan fingerprint density at radius 1 is 1.11 bits per heavy atom. The molecule has 3 aromatic rings. The van der Waals surface area contributed by atoms with Crippen molar-refractivity contribution in [2.24, 2.45) is 7.05 Å². The van der Waals surface area contributed by atoms with Crippen molar-refractivity contribution in [1.29, 1.82) is 0 Å². The van der Waals surface area contributed by atoms with Crippen molar-refractivity contribution in [2.45, 2.75) is 25.7 Å². The van der Waals surface area contributed by atoms with Crippen LogP contribution in [0.25, 0.3) is 11.1 Å². The molecule has 1 heterocycles. The number of hydrogen-bond donors (Lipinski definition) is 2. The zero-order chi connectivity index (χ0) is 26.6. The number of halogens is 3. The van der Waals surface area contributed by atoms with E-state index in [1.54, 1.807) is 0 Å². The zero-order valence-corrected chi connectivity index (χ0v) is 25.0. The second-order valence-electron chi connectivity index (χ2n) is 7.83. The van der Waals surface area contributed by atoms with Crippen LogP contribution < -0.4 is 90.3 Å². The smallest absolute Gasteiger partial charge is 0.871 e. The number of ether oxygens (including phenoxy) is 1. The summed E-state index contributed by atoms with van der Waals surface area (Å²) in [5.74, 6) is -2.70. The number of amides is 2. The maximum Gasteiger partial charge on any atom is 1.00 e. The van der Waals surface area contributed by atoms with Gasteiger partial charge in [0.25, 0.3) is 5.56 Å². The minimum absolute atomic E-state index is 0. The number of anilines is 1. The fourth-order valence-electron chi connectivity index (χ4n) is 3.56. The first-order valence-corrected chi connectivity index (χ1v) is 10.5. The van der Waals surface area contributed by atoms with Gasteiger partial charge in [0, 0.05) is 31.2 Å². The third-order valence-electron chi connectivity index (χ3n) is 5.13. The molecule has 14 heteroatoms. The number of aryl methyl sites for hydroxylation is 2. The summed E-state index contributed by atoms with van der Waals surface area (Å²) in [7, 11) is 1.39. The summed E-state index contributed by atoms with van der Waals surface area (Å²) in [6, 6.07) is 8.91. The van der Waals surface area contributed by atoms with Crippen molar-refractivity contribution in [3.05, 3.63) is 76.2 Å². The van der Waals surface area contributed by atoms with Crippen LogP contribution in [0.3, 0.4) is 0 Å². The van der Waals surface area contributed by atoms with E-state index in [9.17, 15) is 37.8 Å². The molecule has 1 atom stereocenters. The fourth-order valence-corrected chi connectivity index (χ4v) is 3.56. The van der Waals surface area contributed by atoms with Crippen LogP contribution in [0.1, 0.15) is 23.6 Å². The van der Waals surface area contributed by atoms with Crippen molar-refractivity contribution in [3.8, 4) is 22.6 Å². The van der Waals surface area contributed by atoms with Crippen LogP contribution >= 0.6 is 0 Å². The average molecular weight is 549 g/mol. The Bertz CT molecular complexity index is 1360. The molecule has 0 aliphatic heterocycles. The van der Waals surface area contributed by atoms with E-state index >= 15 is 0 Å². The molecule has 9 nitrogen and oxygen atoms in total. The molecular weight excluding hydrogens is 529 g/mol. The number of hydrogen-bond acceptors (Lipinski definition) is 6. The van der Waals surface area contributed by atoms with Gasteiger partial charge in [0.1, 0.15) is 11.4 Å². The summed E-state index contributed by atoms with van der Waals surface area (Å²) in [5.41, 5.74) is -0.534. The van der Waals surface area contributed by atoms with Crippen LogP contribution in [0.5, 0.6) is 11.5 Å². The Morgan fingerprint density at radius 3 is 2.39 bits per heavy atom. The van der Waals surface area contributed by atoms with Crippen molar-refractivity contribution in [3.63, 3.8) is 0 Å². The van der Waals surface area contributed by atoms with Crippen LogP contribution in [0.2, 0.25) is 0 Å². The first kappa shape index (κ1) is 33.5. The van der Waals surface area contributed by atoms with Gasteiger partial charge in [-0.15, -0.1) is 13.2 Å². The Balaban J connectivity index is 0.00000361. The number of nitrogens with one attached hydrogen (secondary N) is 2. The molecule has 0 fully saturated rings. The van der Waals surface area contributed by atoms with E-state index < -0.39 is 53.6 Å². The molecule has 190 valence electrons. The van der Waals surface area contributed by atoms with Gasteiger partial charge in [-0.3, -0.25) is 4.79 Å². The molecule has 0 saturated heterocycles. The second-order valence-corrected chi connectivity index (χ2v) is 7.83. The first-order chi connectivity index (χ1) is 16.9. The van der Waals surface area contributed by atoms with Crippen molar-refractivity contribution >= 4 is 17.7 Å². The molecule has 0 radical (unpaired) electrons. The zero-order valence-electron chi connectivity index (χ0n) is 21.0. The number of carboxylic acid groups (broad SMARTS) is 1. The molecule has 38 heavy (non-hydrogen) atoms. The number of urea groups is 1. The summed E-state index contributed by atoms with van der Waals surface area (Å²) in [6.07, 6.45) is -4.33. The van der Waals surface area contributed by atoms with Gasteiger partial charge in [-0.25, -0.2) is 4.79 Å². The summed E-state index contributed by atoms with van der Waals surface area (Å²) in [5, 5.41) is 28.2. The van der Waals surface area contributed by atoms with Gasteiger partial charge in [0.15, 0.2) is 0 Å². The maximum absolute atomic E-state index is 12.8. The molecule has 0 spiro atoms. The molecule has 0 bridgehead atoms. The molecule has 2 N–H and O–H groups in total. The average Bonchev–Trinajstić information content (AvgIpc) is 2.79. The van der Waals surface area contributed by atoms with Gasteiger partial charge in [0.05, 0.1) is 6.04 Å². The van der Waals surface area contributed by atoms with Crippen molar-refractivity contribution < 1.29 is 96.8 Å². The monoisotopic (exact) mass is 549 g/mol. The second kappa shape index (κ2) is 14.1. The third-order valence-corrected chi connectivity index (χ3v) is 5.13. The predicted molar refractivity (Wildman–Crippen MR) is 119 cm³/mol. The Kier molecular flexibility index (Phi) is 12.4. The molecule has 0 aliphatic carbocycles. The van der Waals surface area contributed by atoms with Crippen LogP contribution in [0.4, 0.5) is 23.7 Å². The summed E-state index contributed by atoms with van der Waals surface area (Å²) >= 11 is 0. The quantitative estimate of drug-likeness (QED) is 0.292. The topological polar surface area (TPSA) is 136 Å². The number of para-hydroxylation sites is 1. The molecule has 3 rings (SSSR count). The Morgan fingerprint density at radius 2 is 1.76 bits per heavy atom. The Hall–Kier alpha value is -2.48. The predicted octanol–water partition coefficient (Wildman–Crippen LogP) is -3.66. The number of carbonyl (C=O) groups is 2. The van der Waals surface area contributed by atoms with E-state index in [4.69, 9.17) is 0 Å². The van der Waals surface area contributed by atoms with Crippen LogP contribution in [0.15, 0.2) is 59.5 Å². The number of nitrogens with zero attached hydrogens (tertiary/aromatic N) is 1. The number of benzene rings is 2. The largest absolute Gasteiger partial charge is 1.00 e. The van der Waals surface area contributed by atoms with Crippen LogP contribution in [-0.4, -0.2) is 22.9 Å². The number of alkyl halides is 3. The SMILES string of the molecule is Cc1cn(C)c(=O)c(NC(=O)N[C@@H](CC(=O)[O-])c2cccc(-c3ccccc3OC(F)(F)F)c2)c1[O-].[Na+].[Na+]. The van der Waals surface area contributed by atoms with Gasteiger partial charge in [-0.2, -0.15) is 0 Å². The van der Waals surface area contributed by atoms with E-state index in [-0.39, 0.29) is 81.4 Å². The molecule has 0 saturated carbocycles. The van der Waals surface area contributed by atoms with Gasteiger partial charge < -0.3 is 34.9 Å². The fraction of sp³-hybridized carbons (Fsp3) is 0.208. The summed E-state index contributed by atoms with van der Waals surface area (Å²) < 4.78 is 43.7. The van der Waals surface area contributed by atoms with E-state index in [0.29, 0.717) is 0 Å². The number of carboxylic acids is 1. The van der Waals surface area contributed by atoms with E-state index in [0.717, 1.165) is 10.6 Å². The summed E-state index contributed by atoms with van der Waals surface area (Å²) in [6.45, 7) is 1.45. The summed E-state index contributed by atoms with van der Waals surface area (Å²) in [4.78, 5) is 36.2. The van der Waals surface area contributed by atoms with Gasteiger partial charge in [-0.1, -0.05) is 42.1 Å². The van der Waals surface area contributed by atoms with E-state index in [1.807, 2.05) is 0 Å². The van der Waals surface area contributed by atoms with Crippen molar-refractivity contribution in [1.82, 2.24) is 9.88 Å². The molecule has 1 aromatic heterocycles. The van der Waals surface area contributed by atoms with Gasteiger partial charge >= 0.3 is 71.5 Å². The van der Waals surface area contributed by atoms with Crippen LogP contribution in [-0.2, 0) is 11.8 Å². The molecule has 2 aromatic carbocycles. The molecular formula is C24H20F3N3Na2O6. The Labute approximate surface area is 259 Å². The molecule has 2 amide bonds. The number of carbonyl (C=O) groups excluding carboxylic acids is 2. The first-order valence-electron chi connectivity index (χ1n) is 10.5. The minimum atomic E-state index is -4.93. The molecule has 0 unspecified atom stereocenters. The van der Waals surface area contributed by atoms with Gasteiger partial charge in [0.2, 0.25) is 0 Å². The number of rotatable bonds is 7. The molecule has 0 aliphatic rings. The number of aliphatic carboxylic acids is 1. The van der Waals surface area contributed by atoms with E-state index in [2.05, 4.69) is 15.4 Å². The maximum atomic E-state index is 12.8. The standard InChI is InChI=1S/C24H22F3N3O6.2Na/c1-13-12-30(2)22(34)20(21(13)33)29-23(35)28-17(11-19(31)32)15-7-5-6-14(10-15)16-8-3-4-9-18(16)36-24(25,26)27;;/h3-10,12,17,33H,11H2,1-2H3,(H,31,32)(H2,28,29,35);;/q;2*+1/p-2/t17-;;/m0../s1. The van der Waals surface area contributed by atoms with Crippen LogP contribution in [0, 0.1) is 6.92 Å². The van der Waals surface area contributed by atoms with E-state index in [1.165, 1.54) is 62.6 Å². The normalized spacial score (nSPS) is 11.4. The number of aromatic nitrogens is 1. The van der Waals surface area contributed by atoms with Crippen molar-refractivity contribution in [2.75, 3.05) is 5.32 Å².